The van der Waals surface area contributed by atoms with Crippen LogP contribution in [-0.4, -0.2) is 17.8 Å². The van der Waals surface area contributed by atoms with Gasteiger partial charge in [-0.25, -0.2) is 0 Å². The van der Waals surface area contributed by atoms with E-state index in [9.17, 15) is 9.90 Å². The molecule has 0 radical (unpaired) electrons. The van der Waals surface area contributed by atoms with E-state index >= 15 is 0 Å². The number of carbonyl (C=O) groups is 1. The van der Waals surface area contributed by atoms with Crippen molar-refractivity contribution in [2.75, 3.05) is 12.1 Å². The molecule has 2 aromatic rings. The van der Waals surface area contributed by atoms with E-state index in [4.69, 9.17) is 9.47 Å². The van der Waals surface area contributed by atoms with Crippen molar-refractivity contribution >= 4 is 11.6 Å². The van der Waals surface area contributed by atoms with Gasteiger partial charge in [0, 0.05) is 6.42 Å². The average molecular weight is 285 g/mol. The summed E-state index contributed by atoms with van der Waals surface area (Å²) in [5.74, 6) is 1.37. The fraction of sp³-hybridized carbons (Fsp3) is 0.188. The fourth-order valence-electron chi connectivity index (χ4n) is 2.15. The highest BCUT2D eigenvalue weighted by molar-refractivity contribution is 5.92. The normalized spacial score (nSPS) is 12.2. The number of aromatic hydroxyl groups is 1. The molecule has 0 atom stereocenters. The van der Waals surface area contributed by atoms with Gasteiger partial charge in [-0.1, -0.05) is 18.2 Å². The van der Waals surface area contributed by atoms with E-state index in [0.29, 0.717) is 24.3 Å². The molecular weight excluding hydrogens is 270 g/mol. The summed E-state index contributed by atoms with van der Waals surface area (Å²) >= 11 is 0. The minimum atomic E-state index is -0.144. The third kappa shape index (κ3) is 3.08. The maximum absolute atomic E-state index is 11.9. The number of phenols is 1. The largest absolute Gasteiger partial charge is 0.506 e. The molecule has 5 heteroatoms. The first-order valence-corrected chi connectivity index (χ1v) is 6.69. The van der Waals surface area contributed by atoms with Crippen molar-refractivity contribution in [3.8, 4) is 17.2 Å². The highest BCUT2D eigenvalue weighted by Gasteiger charge is 2.13. The number of carbonyl (C=O) groups excluding carboxylic acids is 1. The lowest BCUT2D eigenvalue weighted by molar-refractivity contribution is -0.116. The quantitative estimate of drug-likeness (QED) is 0.847. The maximum atomic E-state index is 11.9. The number of para-hydroxylation sites is 2. The first-order chi connectivity index (χ1) is 10.2. The number of phenolic OH excluding ortho intramolecular Hbond substituents is 1. The van der Waals surface area contributed by atoms with Crippen molar-refractivity contribution in [3.05, 3.63) is 48.0 Å². The maximum Gasteiger partial charge on any atom is 0.231 e. The summed E-state index contributed by atoms with van der Waals surface area (Å²) in [5.41, 5.74) is 1.43. The molecule has 0 fully saturated rings. The van der Waals surface area contributed by atoms with Crippen LogP contribution in [0, 0.1) is 0 Å². The van der Waals surface area contributed by atoms with Crippen molar-refractivity contribution < 1.29 is 19.4 Å². The number of rotatable bonds is 4. The van der Waals surface area contributed by atoms with Crippen LogP contribution in [0.1, 0.15) is 12.0 Å². The van der Waals surface area contributed by atoms with Gasteiger partial charge < -0.3 is 19.9 Å². The Kier molecular flexibility index (Phi) is 3.64. The SMILES string of the molecule is O=C(CCc1ccc2c(c1)OCO2)Nc1ccccc1O. The van der Waals surface area contributed by atoms with Gasteiger partial charge in [0.2, 0.25) is 12.7 Å². The number of amides is 1. The lowest BCUT2D eigenvalue weighted by atomic mass is 10.1. The number of hydrogen-bond acceptors (Lipinski definition) is 4. The van der Waals surface area contributed by atoms with Gasteiger partial charge in [0.25, 0.3) is 0 Å². The molecule has 21 heavy (non-hydrogen) atoms. The zero-order valence-corrected chi connectivity index (χ0v) is 11.3. The summed E-state index contributed by atoms with van der Waals surface area (Å²) in [6, 6.07) is 12.3. The first-order valence-electron chi connectivity index (χ1n) is 6.69. The Bertz CT molecular complexity index is 669. The van der Waals surface area contributed by atoms with Crippen LogP contribution in [0.4, 0.5) is 5.69 Å². The highest BCUT2D eigenvalue weighted by Crippen LogP contribution is 2.32. The number of hydrogen-bond donors (Lipinski definition) is 2. The molecule has 2 N–H and O–H groups in total. The van der Waals surface area contributed by atoms with Gasteiger partial charge in [-0.3, -0.25) is 4.79 Å². The van der Waals surface area contributed by atoms with Crippen molar-refractivity contribution in [1.82, 2.24) is 0 Å². The Morgan fingerprint density at radius 1 is 1.14 bits per heavy atom. The predicted octanol–water partition coefficient (Wildman–Crippen LogP) is 2.69. The molecule has 0 saturated heterocycles. The topological polar surface area (TPSA) is 67.8 Å². The molecule has 2 aromatic carbocycles. The van der Waals surface area contributed by atoms with Gasteiger partial charge in [0.15, 0.2) is 11.5 Å². The van der Waals surface area contributed by atoms with E-state index in [-0.39, 0.29) is 18.4 Å². The number of nitrogens with one attached hydrogen (secondary N) is 1. The van der Waals surface area contributed by atoms with Crippen LogP contribution in [0.5, 0.6) is 17.2 Å². The molecule has 0 aromatic heterocycles. The second-order valence-corrected chi connectivity index (χ2v) is 4.75. The van der Waals surface area contributed by atoms with Crippen molar-refractivity contribution in [1.29, 1.82) is 0 Å². The predicted molar refractivity (Wildman–Crippen MR) is 77.6 cm³/mol. The Hall–Kier alpha value is -2.69. The monoisotopic (exact) mass is 285 g/mol. The number of benzene rings is 2. The van der Waals surface area contributed by atoms with Crippen LogP contribution in [0.15, 0.2) is 42.5 Å². The Balaban J connectivity index is 1.58. The van der Waals surface area contributed by atoms with Gasteiger partial charge in [0.1, 0.15) is 5.75 Å². The summed E-state index contributed by atoms with van der Waals surface area (Å²) in [7, 11) is 0. The number of ether oxygens (including phenoxy) is 2. The lowest BCUT2D eigenvalue weighted by Crippen LogP contribution is -2.12. The van der Waals surface area contributed by atoms with Crippen LogP contribution >= 0.6 is 0 Å². The number of aryl methyl sites for hydroxylation is 1. The summed E-state index contributed by atoms with van der Waals surface area (Å²) in [4.78, 5) is 11.9. The van der Waals surface area contributed by atoms with E-state index < -0.39 is 0 Å². The molecule has 5 nitrogen and oxygen atoms in total. The summed E-state index contributed by atoms with van der Waals surface area (Å²) in [6.07, 6.45) is 0.921. The average Bonchev–Trinajstić information content (AvgIpc) is 2.95. The number of fused-ring (bicyclic) bond motifs is 1. The zero-order valence-electron chi connectivity index (χ0n) is 11.3. The second-order valence-electron chi connectivity index (χ2n) is 4.75. The third-order valence-corrected chi connectivity index (χ3v) is 3.26. The Morgan fingerprint density at radius 2 is 1.95 bits per heavy atom. The first kappa shape index (κ1) is 13.3. The third-order valence-electron chi connectivity index (χ3n) is 3.26. The summed E-state index contributed by atoms with van der Waals surface area (Å²) in [6.45, 7) is 0.243. The zero-order chi connectivity index (χ0) is 14.7. The van der Waals surface area contributed by atoms with Crippen molar-refractivity contribution in [3.63, 3.8) is 0 Å². The Labute approximate surface area is 122 Å². The molecule has 0 spiro atoms. The van der Waals surface area contributed by atoms with Gasteiger partial charge >= 0.3 is 0 Å². The van der Waals surface area contributed by atoms with E-state index in [1.165, 1.54) is 6.07 Å². The molecule has 0 saturated carbocycles. The van der Waals surface area contributed by atoms with Gasteiger partial charge in [-0.15, -0.1) is 0 Å². The fourth-order valence-corrected chi connectivity index (χ4v) is 2.15. The summed E-state index contributed by atoms with van der Waals surface area (Å²) < 4.78 is 10.5. The van der Waals surface area contributed by atoms with Crippen LogP contribution in [0.2, 0.25) is 0 Å². The van der Waals surface area contributed by atoms with Gasteiger partial charge in [-0.2, -0.15) is 0 Å². The molecule has 1 aliphatic rings. The molecule has 0 aliphatic carbocycles. The van der Waals surface area contributed by atoms with E-state index in [1.807, 2.05) is 18.2 Å². The van der Waals surface area contributed by atoms with E-state index in [0.717, 1.165) is 11.3 Å². The van der Waals surface area contributed by atoms with Crippen molar-refractivity contribution in [2.24, 2.45) is 0 Å². The van der Waals surface area contributed by atoms with Gasteiger partial charge in [0.05, 0.1) is 5.69 Å². The van der Waals surface area contributed by atoms with E-state index in [1.54, 1.807) is 18.2 Å². The molecule has 0 unspecified atom stereocenters. The van der Waals surface area contributed by atoms with Crippen LogP contribution < -0.4 is 14.8 Å². The van der Waals surface area contributed by atoms with Crippen LogP contribution in [0.25, 0.3) is 0 Å². The molecule has 3 rings (SSSR count). The van der Waals surface area contributed by atoms with Gasteiger partial charge in [-0.05, 0) is 36.2 Å². The van der Waals surface area contributed by atoms with Crippen LogP contribution in [-0.2, 0) is 11.2 Å². The molecular formula is C16H15NO4. The molecule has 1 aliphatic heterocycles. The Morgan fingerprint density at radius 3 is 2.81 bits per heavy atom. The minimum Gasteiger partial charge on any atom is -0.506 e. The smallest absolute Gasteiger partial charge is 0.231 e. The second kappa shape index (κ2) is 5.75. The van der Waals surface area contributed by atoms with Crippen molar-refractivity contribution in [2.45, 2.75) is 12.8 Å². The molecule has 1 amide bonds. The standard InChI is InChI=1S/C16H15NO4/c18-13-4-2-1-3-12(13)17-16(19)8-6-11-5-7-14-15(9-11)21-10-20-14/h1-5,7,9,18H,6,8,10H2,(H,17,19). The highest BCUT2D eigenvalue weighted by atomic mass is 16.7. The lowest BCUT2D eigenvalue weighted by Gasteiger charge is -2.07. The molecule has 1 heterocycles. The number of anilines is 1. The van der Waals surface area contributed by atoms with E-state index in [2.05, 4.69) is 5.32 Å². The molecule has 0 bridgehead atoms. The van der Waals surface area contributed by atoms with Crippen LogP contribution in [0.3, 0.4) is 0 Å². The summed E-state index contributed by atoms with van der Waals surface area (Å²) in [5, 5.41) is 12.3. The minimum absolute atomic E-state index is 0.0638. The molecule has 108 valence electrons.